The lowest BCUT2D eigenvalue weighted by molar-refractivity contribution is -0.118. The third-order valence-electron chi connectivity index (χ3n) is 3.14. The summed E-state index contributed by atoms with van der Waals surface area (Å²) in [7, 11) is 1.38. The largest absolute Gasteiger partial charge is 0.480 e. The molecule has 0 saturated heterocycles. The molecule has 0 aliphatic heterocycles. The lowest BCUT2D eigenvalue weighted by Crippen LogP contribution is -2.40. The Morgan fingerprint density at radius 2 is 2.00 bits per heavy atom. The van der Waals surface area contributed by atoms with Crippen molar-refractivity contribution in [3.05, 3.63) is 17.8 Å². The van der Waals surface area contributed by atoms with Crippen molar-refractivity contribution in [1.82, 2.24) is 4.98 Å². The average molecular weight is 353 g/mol. The quantitative estimate of drug-likeness (QED) is 0.713. The summed E-state index contributed by atoms with van der Waals surface area (Å²) in [5.74, 6) is -0.850. The minimum absolute atomic E-state index is 0. The molecule has 0 fully saturated rings. The monoisotopic (exact) mass is 352 g/mol. The first-order valence-corrected chi connectivity index (χ1v) is 6.31. The fraction of sp³-hybridized carbons (Fsp3) is 0.462. The fourth-order valence-electron chi connectivity index (χ4n) is 1.60. The zero-order valence-corrected chi connectivity index (χ0v) is 14.3. The first-order chi connectivity index (χ1) is 9.40. The SMILES string of the molecule is CCC(C)C(N)C(=O)Nc1cnc(OC)c(C(N)=O)c1.Cl.Cl. The van der Waals surface area contributed by atoms with E-state index in [1.54, 1.807) is 0 Å². The van der Waals surface area contributed by atoms with Crippen LogP contribution in [0.15, 0.2) is 12.3 Å². The predicted molar refractivity (Wildman–Crippen MR) is 89.9 cm³/mol. The van der Waals surface area contributed by atoms with Crippen molar-refractivity contribution in [1.29, 1.82) is 0 Å². The van der Waals surface area contributed by atoms with Gasteiger partial charge >= 0.3 is 0 Å². The summed E-state index contributed by atoms with van der Waals surface area (Å²) < 4.78 is 4.92. The van der Waals surface area contributed by atoms with Gasteiger partial charge in [-0.3, -0.25) is 9.59 Å². The van der Waals surface area contributed by atoms with Crippen LogP contribution in [0.25, 0.3) is 0 Å². The van der Waals surface area contributed by atoms with E-state index in [-0.39, 0.29) is 48.1 Å². The third-order valence-corrected chi connectivity index (χ3v) is 3.14. The van der Waals surface area contributed by atoms with Crippen LogP contribution in [0.1, 0.15) is 30.6 Å². The minimum Gasteiger partial charge on any atom is -0.480 e. The van der Waals surface area contributed by atoms with Crippen molar-refractivity contribution in [2.45, 2.75) is 26.3 Å². The van der Waals surface area contributed by atoms with Crippen LogP contribution >= 0.6 is 24.8 Å². The number of anilines is 1. The molecule has 1 rings (SSSR count). The molecule has 0 aliphatic rings. The number of amides is 2. The molecule has 1 aromatic rings. The maximum absolute atomic E-state index is 11.9. The molecule has 0 radical (unpaired) electrons. The smallest absolute Gasteiger partial charge is 0.254 e. The predicted octanol–water partition coefficient (Wildman–Crippen LogP) is 1.34. The number of halogens is 2. The van der Waals surface area contributed by atoms with Crippen LogP contribution < -0.4 is 21.5 Å². The molecular weight excluding hydrogens is 331 g/mol. The Balaban J connectivity index is 0. The van der Waals surface area contributed by atoms with Crippen LogP contribution in [0.5, 0.6) is 5.88 Å². The van der Waals surface area contributed by atoms with Crippen LogP contribution in [0, 0.1) is 5.92 Å². The van der Waals surface area contributed by atoms with E-state index in [1.165, 1.54) is 19.4 Å². The van der Waals surface area contributed by atoms with Gasteiger partial charge < -0.3 is 21.5 Å². The lowest BCUT2D eigenvalue weighted by atomic mass is 9.99. The average Bonchev–Trinajstić information content (AvgIpc) is 2.45. The number of ether oxygens (including phenoxy) is 1. The van der Waals surface area contributed by atoms with Gasteiger partial charge in [0.2, 0.25) is 11.8 Å². The van der Waals surface area contributed by atoms with E-state index >= 15 is 0 Å². The number of nitrogens with one attached hydrogen (secondary N) is 1. The van der Waals surface area contributed by atoms with Gasteiger partial charge in [-0.1, -0.05) is 20.3 Å². The number of aromatic nitrogens is 1. The molecule has 2 unspecified atom stereocenters. The number of hydrogen-bond donors (Lipinski definition) is 3. The Morgan fingerprint density at radius 1 is 1.41 bits per heavy atom. The highest BCUT2D eigenvalue weighted by atomic mass is 35.5. The van der Waals surface area contributed by atoms with Crippen molar-refractivity contribution in [3.8, 4) is 5.88 Å². The Morgan fingerprint density at radius 3 is 2.45 bits per heavy atom. The normalized spacial score (nSPS) is 12.2. The summed E-state index contributed by atoms with van der Waals surface area (Å²) >= 11 is 0. The van der Waals surface area contributed by atoms with Gasteiger partial charge in [0.05, 0.1) is 25.0 Å². The first-order valence-electron chi connectivity index (χ1n) is 6.31. The molecule has 7 nitrogen and oxygen atoms in total. The molecular formula is C13H22Cl2N4O3. The van der Waals surface area contributed by atoms with E-state index in [4.69, 9.17) is 16.2 Å². The van der Waals surface area contributed by atoms with Crippen LogP contribution in [0.3, 0.4) is 0 Å². The molecule has 0 aliphatic carbocycles. The highest BCUT2D eigenvalue weighted by Gasteiger charge is 2.20. The Hall–Kier alpha value is -1.57. The number of nitrogens with zero attached hydrogens (tertiary/aromatic N) is 1. The minimum atomic E-state index is -0.684. The van der Waals surface area contributed by atoms with E-state index in [2.05, 4.69) is 10.3 Å². The fourth-order valence-corrected chi connectivity index (χ4v) is 1.60. The molecule has 2 amide bonds. The summed E-state index contributed by atoms with van der Waals surface area (Å²) in [5.41, 5.74) is 11.5. The molecule has 2 atom stereocenters. The number of primary amides is 1. The summed E-state index contributed by atoms with van der Waals surface area (Å²) in [6, 6.07) is 0.786. The van der Waals surface area contributed by atoms with Gasteiger partial charge in [-0.2, -0.15) is 0 Å². The highest BCUT2D eigenvalue weighted by Crippen LogP contribution is 2.19. The molecule has 1 heterocycles. The molecule has 9 heteroatoms. The molecule has 0 spiro atoms. The van der Waals surface area contributed by atoms with Crippen LogP contribution in [-0.2, 0) is 4.79 Å². The standard InChI is InChI=1S/C13H20N4O3.2ClH/c1-4-7(2)10(14)12(19)17-8-5-9(11(15)18)13(20-3)16-6-8;;/h5-7,10H,4,14H2,1-3H3,(H2,15,18)(H,17,19);2*1H. The van der Waals surface area contributed by atoms with E-state index in [1.807, 2.05) is 13.8 Å². The van der Waals surface area contributed by atoms with Gasteiger partial charge in [-0.05, 0) is 12.0 Å². The second kappa shape index (κ2) is 10.2. The van der Waals surface area contributed by atoms with Gasteiger partial charge in [-0.15, -0.1) is 24.8 Å². The zero-order chi connectivity index (χ0) is 15.3. The van der Waals surface area contributed by atoms with Crippen LogP contribution in [0.4, 0.5) is 5.69 Å². The third kappa shape index (κ3) is 5.67. The van der Waals surface area contributed by atoms with Crippen LogP contribution in [-0.4, -0.2) is 29.9 Å². The Kier molecular flexibility index (Phi) is 10.5. The molecule has 0 saturated carbocycles. The van der Waals surface area contributed by atoms with Gasteiger partial charge in [0.25, 0.3) is 5.91 Å². The number of hydrogen-bond acceptors (Lipinski definition) is 5. The van der Waals surface area contributed by atoms with E-state index in [9.17, 15) is 9.59 Å². The van der Waals surface area contributed by atoms with E-state index < -0.39 is 11.9 Å². The molecule has 22 heavy (non-hydrogen) atoms. The molecule has 5 N–H and O–H groups in total. The second-order valence-electron chi connectivity index (χ2n) is 4.55. The maximum atomic E-state index is 11.9. The lowest BCUT2D eigenvalue weighted by Gasteiger charge is -2.18. The van der Waals surface area contributed by atoms with Crippen molar-refractivity contribution < 1.29 is 14.3 Å². The van der Waals surface area contributed by atoms with Crippen molar-refractivity contribution in [2.75, 3.05) is 12.4 Å². The van der Waals surface area contributed by atoms with Crippen molar-refractivity contribution >= 4 is 42.3 Å². The molecule has 126 valence electrons. The van der Waals surface area contributed by atoms with Crippen LogP contribution in [0.2, 0.25) is 0 Å². The topological polar surface area (TPSA) is 120 Å². The first kappa shape index (κ1) is 22.7. The number of nitrogens with two attached hydrogens (primary N) is 2. The van der Waals surface area contributed by atoms with Gasteiger partial charge in [0.1, 0.15) is 5.56 Å². The van der Waals surface area contributed by atoms with Gasteiger partial charge in [-0.25, -0.2) is 4.98 Å². The van der Waals surface area contributed by atoms with Gasteiger partial charge in [0, 0.05) is 0 Å². The van der Waals surface area contributed by atoms with E-state index in [0.29, 0.717) is 5.69 Å². The van der Waals surface area contributed by atoms with Crippen molar-refractivity contribution in [2.24, 2.45) is 17.4 Å². The van der Waals surface area contributed by atoms with E-state index in [0.717, 1.165) is 6.42 Å². The Labute approximate surface area is 142 Å². The zero-order valence-electron chi connectivity index (χ0n) is 12.7. The summed E-state index contributed by atoms with van der Waals surface area (Å²) in [6.45, 7) is 3.85. The summed E-state index contributed by atoms with van der Waals surface area (Å²) in [6.07, 6.45) is 2.18. The van der Waals surface area contributed by atoms with Gasteiger partial charge in [0.15, 0.2) is 0 Å². The number of rotatable bonds is 6. The van der Waals surface area contributed by atoms with Crippen molar-refractivity contribution in [3.63, 3.8) is 0 Å². The number of carbonyl (C=O) groups is 2. The maximum Gasteiger partial charge on any atom is 0.254 e. The number of carbonyl (C=O) groups excluding carboxylic acids is 2. The summed E-state index contributed by atoms with van der Waals surface area (Å²) in [4.78, 5) is 27.1. The summed E-state index contributed by atoms with van der Waals surface area (Å²) in [5, 5.41) is 2.61. The number of pyridine rings is 1. The second-order valence-corrected chi connectivity index (χ2v) is 4.55. The molecule has 0 bridgehead atoms. The molecule has 1 aromatic heterocycles. The number of methoxy groups -OCH3 is 1. The Bertz CT molecular complexity index is 514. The highest BCUT2D eigenvalue weighted by molar-refractivity contribution is 5.99. The molecule has 0 aromatic carbocycles.